The SMILES string of the molecule is COc1ccc(Cc2ccc(C=O)cc2[C@@]2(O)O[C@H]([C@H](C)OC(=O)c3ccccc3)[C@@H](OC(=O)c3ccccc3)[C@H](OC(=O)c3ccccc3)[C@H]2OC(=O)c2ccccc2)cc1. The summed E-state index contributed by atoms with van der Waals surface area (Å²) < 4.78 is 36.6. The van der Waals surface area contributed by atoms with Gasteiger partial charge in [-0.3, -0.25) is 4.79 Å². The third kappa shape index (κ3) is 9.63. The predicted octanol–water partition coefficient (Wildman–Crippen LogP) is 7.56. The highest BCUT2D eigenvalue weighted by atomic mass is 16.7. The normalized spacial score (nSPS) is 19.9. The summed E-state index contributed by atoms with van der Waals surface area (Å²) in [5.74, 6) is -5.77. The van der Waals surface area contributed by atoms with Gasteiger partial charge in [-0.1, -0.05) is 97.1 Å². The number of aliphatic hydroxyl groups is 1. The number of aldehydes is 1. The zero-order valence-corrected chi connectivity index (χ0v) is 33.7. The molecule has 314 valence electrons. The Balaban J connectivity index is 1.43. The molecule has 0 saturated carbocycles. The van der Waals surface area contributed by atoms with Crippen LogP contribution in [0.5, 0.6) is 5.75 Å². The molecule has 6 aromatic rings. The molecule has 12 nitrogen and oxygen atoms in total. The second kappa shape index (κ2) is 19.3. The lowest BCUT2D eigenvalue weighted by atomic mass is 9.82. The van der Waals surface area contributed by atoms with Crippen LogP contribution in [0.1, 0.15) is 75.4 Å². The average molecular weight is 835 g/mol. The Morgan fingerprint density at radius 1 is 0.629 bits per heavy atom. The van der Waals surface area contributed by atoms with Crippen LogP contribution < -0.4 is 4.74 Å². The monoisotopic (exact) mass is 834 g/mol. The van der Waals surface area contributed by atoms with Crippen molar-refractivity contribution in [2.45, 2.75) is 49.7 Å². The average Bonchev–Trinajstić information content (AvgIpc) is 3.32. The first-order valence-corrected chi connectivity index (χ1v) is 19.7. The number of benzene rings is 6. The van der Waals surface area contributed by atoms with Crippen molar-refractivity contribution in [1.29, 1.82) is 0 Å². The Hall–Kier alpha value is -7.41. The second-order valence-electron chi connectivity index (χ2n) is 14.5. The van der Waals surface area contributed by atoms with Crippen LogP contribution in [0.4, 0.5) is 0 Å². The molecule has 1 N–H and O–H groups in total. The molecule has 0 aliphatic carbocycles. The molecular weight excluding hydrogens is 793 g/mol. The quantitative estimate of drug-likeness (QED) is 0.0653. The molecule has 7 rings (SSSR count). The van der Waals surface area contributed by atoms with E-state index in [-0.39, 0.29) is 39.8 Å². The molecule has 0 radical (unpaired) electrons. The smallest absolute Gasteiger partial charge is 0.338 e. The molecule has 0 bridgehead atoms. The molecule has 0 amide bonds. The number of rotatable bonds is 14. The van der Waals surface area contributed by atoms with Gasteiger partial charge < -0.3 is 33.5 Å². The van der Waals surface area contributed by atoms with Crippen molar-refractivity contribution in [3.63, 3.8) is 0 Å². The summed E-state index contributed by atoms with van der Waals surface area (Å²) in [4.78, 5) is 68.5. The maximum atomic E-state index is 14.2. The van der Waals surface area contributed by atoms with Crippen LogP contribution >= 0.6 is 0 Å². The summed E-state index contributed by atoms with van der Waals surface area (Å²) >= 11 is 0. The first-order valence-electron chi connectivity index (χ1n) is 19.7. The fourth-order valence-corrected chi connectivity index (χ4v) is 7.20. The number of hydrogen-bond acceptors (Lipinski definition) is 12. The van der Waals surface area contributed by atoms with Gasteiger partial charge in [-0.15, -0.1) is 0 Å². The van der Waals surface area contributed by atoms with Crippen LogP contribution in [0.25, 0.3) is 0 Å². The van der Waals surface area contributed by atoms with Gasteiger partial charge in [0.15, 0.2) is 12.2 Å². The van der Waals surface area contributed by atoms with Crippen molar-refractivity contribution in [2.75, 3.05) is 7.11 Å². The van der Waals surface area contributed by atoms with Gasteiger partial charge in [0, 0.05) is 11.1 Å². The highest BCUT2D eigenvalue weighted by Gasteiger charge is 2.62. The van der Waals surface area contributed by atoms with E-state index in [1.165, 1.54) is 56.5 Å². The molecule has 1 heterocycles. The largest absolute Gasteiger partial charge is 0.497 e. The molecule has 0 aromatic heterocycles. The van der Waals surface area contributed by atoms with E-state index in [9.17, 15) is 29.1 Å². The van der Waals surface area contributed by atoms with Crippen molar-refractivity contribution >= 4 is 30.2 Å². The van der Waals surface area contributed by atoms with Gasteiger partial charge in [0.1, 0.15) is 24.2 Å². The fraction of sp³-hybridized carbons (Fsp3) is 0.180. The minimum atomic E-state index is -2.80. The molecule has 12 heteroatoms. The third-order valence-electron chi connectivity index (χ3n) is 10.4. The van der Waals surface area contributed by atoms with Crippen LogP contribution in [0.2, 0.25) is 0 Å². The van der Waals surface area contributed by atoms with Gasteiger partial charge in [0.25, 0.3) is 0 Å². The summed E-state index contributed by atoms with van der Waals surface area (Å²) in [7, 11) is 1.54. The van der Waals surface area contributed by atoms with Crippen LogP contribution in [-0.2, 0) is 35.9 Å². The number of hydrogen-bond donors (Lipinski definition) is 1. The number of methoxy groups -OCH3 is 1. The minimum absolute atomic E-state index is 0.0519. The molecule has 1 fully saturated rings. The van der Waals surface area contributed by atoms with Crippen molar-refractivity contribution in [1.82, 2.24) is 0 Å². The van der Waals surface area contributed by atoms with Gasteiger partial charge in [-0.05, 0) is 91.2 Å². The van der Waals surface area contributed by atoms with E-state index >= 15 is 0 Å². The number of esters is 4. The van der Waals surface area contributed by atoms with Gasteiger partial charge >= 0.3 is 23.9 Å². The molecule has 6 atom stereocenters. The van der Waals surface area contributed by atoms with Gasteiger partial charge in [-0.2, -0.15) is 0 Å². The molecule has 6 aromatic carbocycles. The summed E-state index contributed by atoms with van der Waals surface area (Å²) in [5.41, 5.74) is 1.65. The van der Waals surface area contributed by atoms with E-state index in [2.05, 4.69) is 0 Å². The van der Waals surface area contributed by atoms with Crippen LogP contribution in [0.15, 0.2) is 164 Å². The number of ether oxygens (including phenoxy) is 6. The zero-order valence-electron chi connectivity index (χ0n) is 33.7. The van der Waals surface area contributed by atoms with Crippen molar-refractivity contribution in [3.05, 3.63) is 208 Å². The zero-order chi connectivity index (χ0) is 43.6. The summed E-state index contributed by atoms with van der Waals surface area (Å²) in [5, 5.41) is 13.4. The molecule has 1 aliphatic heterocycles. The van der Waals surface area contributed by atoms with E-state index < -0.39 is 60.2 Å². The molecule has 0 spiro atoms. The van der Waals surface area contributed by atoms with Crippen LogP contribution in [0, 0.1) is 0 Å². The number of carbonyl (C=O) groups is 5. The van der Waals surface area contributed by atoms with E-state index in [1.807, 2.05) is 12.1 Å². The van der Waals surface area contributed by atoms with E-state index in [4.69, 9.17) is 28.4 Å². The van der Waals surface area contributed by atoms with Crippen molar-refractivity contribution in [2.24, 2.45) is 0 Å². The van der Waals surface area contributed by atoms with Gasteiger partial charge in [-0.25, -0.2) is 19.2 Å². The Morgan fingerprint density at radius 2 is 1.10 bits per heavy atom. The Kier molecular flexibility index (Phi) is 13.3. The Morgan fingerprint density at radius 3 is 1.58 bits per heavy atom. The van der Waals surface area contributed by atoms with Gasteiger partial charge in [0.2, 0.25) is 11.9 Å². The predicted molar refractivity (Wildman–Crippen MR) is 225 cm³/mol. The first kappa shape index (κ1) is 42.7. The Bertz CT molecular complexity index is 2490. The van der Waals surface area contributed by atoms with E-state index in [0.717, 1.165) is 5.56 Å². The first-order chi connectivity index (χ1) is 30.1. The fourth-order valence-electron chi connectivity index (χ4n) is 7.20. The maximum absolute atomic E-state index is 14.2. The second-order valence-corrected chi connectivity index (χ2v) is 14.5. The standard InChI is InChI=1S/C50H42O12/c1-32(58-46(52)35-15-7-3-8-16-35)42-43(59-47(53)36-17-9-4-10-18-36)44(60-48(54)37-19-11-5-12-20-37)45(61-49(55)38-21-13-6-14-22-38)50(56,62-42)41-30-34(31-51)23-26-39(41)29-33-24-27-40(57-2)28-25-33/h3-28,30-32,42-45,56H,29H2,1-2H3/t32-,42+,43+,44-,45+,50+/m0/s1. The summed E-state index contributed by atoms with van der Waals surface area (Å²) in [6, 6.07) is 43.5. The van der Waals surface area contributed by atoms with Crippen LogP contribution in [0.3, 0.4) is 0 Å². The van der Waals surface area contributed by atoms with E-state index in [1.54, 1.807) is 109 Å². The lowest BCUT2D eigenvalue weighted by molar-refractivity contribution is -0.360. The molecule has 0 unspecified atom stereocenters. The van der Waals surface area contributed by atoms with Gasteiger partial charge in [0.05, 0.1) is 29.4 Å². The highest BCUT2D eigenvalue weighted by molar-refractivity contribution is 5.92. The minimum Gasteiger partial charge on any atom is -0.497 e. The Labute approximate surface area is 357 Å². The molecule has 1 aliphatic rings. The summed E-state index contributed by atoms with van der Waals surface area (Å²) in [6.07, 6.45) is -7.87. The number of carbonyl (C=O) groups excluding carboxylic acids is 5. The molecular formula is C50H42O12. The highest BCUT2D eigenvalue weighted by Crippen LogP contribution is 2.44. The van der Waals surface area contributed by atoms with Crippen molar-refractivity contribution in [3.8, 4) is 5.75 Å². The maximum Gasteiger partial charge on any atom is 0.338 e. The topological polar surface area (TPSA) is 161 Å². The molecule has 1 saturated heterocycles. The summed E-state index contributed by atoms with van der Waals surface area (Å²) in [6.45, 7) is 1.46. The molecule has 62 heavy (non-hydrogen) atoms. The lowest BCUT2D eigenvalue weighted by Crippen LogP contribution is -2.68. The lowest BCUT2D eigenvalue weighted by Gasteiger charge is -2.50. The third-order valence-corrected chi connectivity index (χ3v) is 10.4. The van der Waals surface area contributed by atoms with Crippen LogP contribution in [-0.4, -0.2) is 72.9 Å². The van der Waals surface area contributed by atoms with Crippen molar-refractivity contribution < 1.29 is 57.5 Å². The van der Waals surface area contributed by atoms with E-state index in [0.29, 0.717) is 17.6 Å².